The molecule has 1 aliphatic rings. The first-order chi connectivity index (χ1) is 11.1. The summed E-state index contributed by atoms with van der Waals surface area (Å²) in [7, 11) is 2.14. The number of hydrogen-bond acceptors (Lipinski definition) is 4. The van der Waals surface area contributed by atoms with Crippen molar-refractivity contribution in [3.05, 3.63) is 28.8 Å². The van der Waals surface area contributed by atoms with Crippen molar-refractivity contribution in [3.63, 3.8) is 0 Å². The standard InChI is InChI=1S/C18H26ClN3O/c1-4-10-23-18-7-6-14(11-16(18)19)17(12-20)22-9-8-21(3)13-15(22)5-2/h6-7,11,15,17H,4-5,8-10,13H2,1-3H3. The third-order valence-corrected chi connectivity index (χ3v) is 4.69. The minimum atomic E-state index is -0.258. The largest absolute Gasteiger partial charge is 0.492 e. The van der Waals surface area contributed by atoms with E-state index in [1.165, 1.54) is 0 Å². The molecule has 0 amide bonds. The maximum atomic E-state index is 9.73. The maximum absolute atomic E-state index is 9.73. The van der Waals surface area contributed by atoms with Crippen LogP contribution in [-0.2, 0) is 0 Å². The van der Waals surface area contributed by atoms with Gasteiger partial charge in [-0.3, -0.25) is 4.90 Å². The molecule has 0 aromatic heterocycles. The normalized spacial score (nSPS) is 20.9. The Kier molecular flexibility index (Phi) is 6.71. The molecule has 2 atom stereocenters. The van der Waals surface area contributed by atoms with Crippen LogP contribution in [0.15, 0.2) is 18.2 Å². The molecule has 1 aliphatic heterocycles. The number of hydrogen-bond donors (Lipinski definition) is 0. The van der Waals surface area contributed by atoms with Crippen LogP contribution in [0.1, 0.15) is 38.3 Å². The Balaban J connectivity index is 2.20. The van der Waals surface area contributed by atoms with Crippen molar-refractivity contribution in [2.45, 2.75) is 38.8 Å². The number of piperazine rings is 1. The first kappa shape index (κ1) is 18.1. The van der Waals surface area contributed by atoms with E-state index in [4.69, 9.17) is 16.3 Å². The van der Waals surface area contributed by atoms with Crippen LogP contribution in [0.25, 0.3) is 0 Å². The Bertz CT molecular complexity index is 558. The van der Waals surface area contributed by atoms with Crippen LogP contribution in [0.4, 0.5) is 0 Å². The summed E-state index contributed by atoms with van der Waals surface area (Å²) in [6.45, 7) is 7.78. The highest BCUT2D eigenvalue weighted by molar-refractivity contribution is 6.32. The summed E-state index contributed by atoms with van der Waals surface area (Å²) in [5, 5.41) is 10.3. The van der Waals surface area contributed by atoms with E-state index in [-0.39, 0.29) is 6.04 Å². The van der Waals surface area contributed by atoms with Crippen LogP contribution in [0.2, 0.25) is 5.02 Å². The molecule has 2 unspecified atom stereocenters. The molecule has 0 aliphatic carbocycles. The van der Waals surface area contributed by atoms with E-state index in [1.54, 1.807) is 0 Å². The van der Waals surface area contributed by atoms with Gasteiger partial charge in [-0.1, -0.05) is 31.5 Å². The molecule has 0 bridgehead atoms. The van der Waals surface area contributed by atoms with Gasteiger partial charge in [-0.25, -0.2) is 0 Å². The number of likely N-dealkylation sites (N-methyl/N-ethyl adjacent to an activating group) is 1. The Morgan fingerprint density at radius 3 is 2.78 bits per heavy atom. The zero-order chi connectivity index (χ0) is 16.8. The average molecular weight is 336 g/mol. The smallest absolute Gasteiger partial charge is 0.137 e. The van der Waals surface area contributed by atoms with Crippen LogP contribution < -0.4 is 4.74 Å². The second kappa shape index (κ2) is 8.54. The highest BCUT2D eigenvalue weighted by Crippen LogP contribution is 2.32. The molecular weight excluding hydrogens is 310 g/mol. The molecule has 1 fully saturated rings. The second-order valence-electron chi connectivity index (χ2n) is 6.13. The predicted octanol–water partition coefficient (Wildman–Crippen LogP) is 3.72. The number of halogens is 1. The van der Waals surface area contributed by atoms with Crippen molar-refractivity contribution in [2.24, 2.45) is 0 Å². The van der Waals surface area contributed by atoms with Gasteiger partial charge in [-0.2, -0.15) is 5.26 Å². The molecule has 126 valence electrons. The van der Waals surface area contributed by atoms with Crippen molar-refractivity contribution < 1.29 is 4.74 Å². The van der Waals surface area contributed by atoms with Gasteiger partial charge in [0.1, 0.15) is 11.8 Å². The molecule has 1 aromatic carbocycles. The van der Waals surface area contributed by atoms with E-state index in [0.29, 0.717) is 23.4 Å². The van der Waals surface area contributed by atoms with Gasteiger partial charge in [0, 0.05) is 25.7 Å². The first-order valence-electron chi connectivity index (χ1n) is 8.36. The lowest BCUT2D eigenvalue weighted by molar-refractivity contribution is 0.0675. The van der Waals surface area contributed by atoms with Gasteiger partial charge >= 0.3 is 0 Å². The Morgan fingerprint density at radius 1 is 1.39 bits per heavy atom. The summed E-state index contributed by atoms with van der Waals surface area (Å²) in [6.07, 6.45) is 1.98. The molecule has 0 saturated carbocycles. The first-order valence-corrected chi connectivity index (χ1v) is 8.74. The Labute approximate surface area is 144 Å². The van der Waals surface area contributed by atoms with E-state index in [0.717, 1.165) is 38.0 Å². The molecule has 23 heavy (non-hydrogen) atoms. The molecular formula is C18H26ClN3O. The van der Waals surface area contributed by atoms with Crippen molar-refractivity contribution in [2.75, 3.05) is 33.3 Å². The summed E-state index contributed by atoms with van der Waals surface area (Å²) in [6, 6.07) is 8.34. The quantitative estimate of drug-likeness (QED) is 0.794. The number of nitrogens with zero attached hydrogens (tertiary/aromatic N) is 3. The number of rotatable bonds is 6. The van der Waals surface area contributed by atoms with Crippen LogP contribution in [0.3, 0.4) is 0 Å². The van der Waals surface area contributed by atoms with E-state index in [9.17, 15) is 5.26 Å². The van der Waals surface area contributed by atoms with E-state index >= 15 is 0 Å². The maximum Gasteiger partial charge on any atom is 0.137 e. The van der Waals surface area contributed by atoms with Crippen molar-refractivity contribution in [1.82, 2.24) is 9.80 Å². The molecule has 4 nitrogen and oxygen atoms in total. The van der Waals surface area contributed by atoms with Gasteiger partial charge in [0.05, 0.1) is 17.7 Å². The summed E-state index contributed by atoms with van der Waals surface area (Å²) in [4.78, 5) is 4.63. The summed E-state index contributed by atoms with van der Waals surface area (Å²) in [5.74, 6) is 0.694. The highest BCUT2D eigenvalue weighted by Gasteiger charge is 2.31. The fourth-order valence-corrected chi connectivity index (χ4v) is 3.33. The van der Waals surface area contributed by atoms with Crippen molar-refractivity contribution in [3.8, 4) is 11.8 Å². The fourth-order valence-electron chi connectivity index (χ4n) is 3.08. The minimum absolute atomic E-state index is 0.258. The van der Waals surface area contributed by atoms with Crippen LogP contribution in [0.5, 0.6) is 5.75 Å². The van der Waals surface area contributed by atoms with E-state index < -0.39 is 0 Å². The van der Waals surface area contributed by atoms with E-state index in [2.05, 4.69) is 36.8 Å². The second-order valence-corrected chi connectivity index (χ2v) is 6.54. The predicted molar refractivity (Wildman–Crippen MR) is 93.9 cm³/mol. The van der Waals surface area contributed by atoms with Gasteiger partial charge in [0.25, 0.3) is 0 Å². The van der Waals surface area contributed by atoms with Crippen molar-refractivity contribution >= 4 is 11.6 Å². The van der Waals surface area contributed by atoms with Gasteiger partial charge in [0.2, 0.25) is 0 Å². The zero-order valence-corrected chi connectivity index (χ0v) is 15.0. The molecule has 5 heteroatoms. The lowest BCUT2D eigenvalue weighted by Gasteiger charge is -2.42. The lowest BCUT2D eigenvalue weighted by atomic mass is 10.0. The zero-order valence-electron chi connectivity index (χ0n) is 14.3. The fraction of sp³-hybridized carbons (Fsp3) is 0.611. The molecule has 0 spiro atoms. The van der Waals surface area contributed by atoms with Gasteiger partial charge in [0.15, 0.2) is 0 Å². The molecule has 0 N–H and O–H groups in total. The molecule has 0 radical (unpaired) electrons. The van der Waals surface area contributed by atoms with Crippen LogP contribution in [0, 0.1) is 11.3 Å². The molecule has 2 rings (SSSR count). The summed E-state index contributed by atoms with van der Waals surface area (Å²) >= 11 is 6.34. The Morgan fingerprint density at radius 2 is 2.17 bits per heavy atom. The minimum Gasteiger partial charge on any atom is -0.492 e. The summed E-state index contributed by atoms with van der Waals surface area (Å²) < 4.78 is 5.62. The monoisotopic (exact) mass is 335 g/mol. The van der Waals surface area contributed by atoms with Gasteiger partial charge in [-0.05, 0) is 37.6 Å². The molecule has 1 heterocycles. The molecule has 1 saturated heterocycles. The number of nitriles is 1. The number of ether oxygens (including phenoxy) is 1. The van der Waals surface area contributed by atoms with Crippen molar-refractivity contribution in [1.29, 1.82) is 5.26 Å². The highest BCUT2D eigenvalue weighted by atomic mass is 35.5. The topological polar surface area (TPSA) is 39.5 Å². The molecule has 1 aromatic rings. The van der Waals surface area contributed by atoms with Crippen LogP contribution >= 0.6 is 11.6 Å². The average Bonchev–Trinajstić information content (AvgIpc) is 2.56. The van der Waals surface area contributed by atoms with Gasteiger partial charge < -0.3 is 9.64 Å². The summed E-state index contributed by atoms with van der Waals surface area (Å²) in [5.41, 5.74) is 0.948. The third kappa shape index (κ3) is 4.38. The van der Waals surface area contributed by atoms with Crippen LogP contribution in [-0.4, -0.2) is 49.1 Å². The number of benzene rings is 1. The van der Waals surface area contributed by atoms with Gasteiger partial charge in [-0.15, -0.1) is 0 Å². The van der Waals surface area contributed by atoms with E-state index in [1.807, 2.05) is 18.2 Å². The SMILES string of the molecule is CCCOc1ccc(C(C#N)N2CCN(C)CC2CC)cc1Cl. The Hall–Kier alpha value is -1.28. The third-order valence-electron chi connectivity index (χ3n) is 4.39. The lowest BCUT2D eigenvalue weighted by Crippen LogP contribution is -2.52.